The fraction of sp³-hybridized carbons (Fsp3) is 0.588. The Bertz CT molecular complexity index is 1240. The zero-order valence-electron chi connectivity index (χ0n) is 27.9. The number of unbranched alkanes of at least 4 members (excludes halogenated alkanes) is 11. The predicted molar refractivity (Wildman–Crippen MR) is 183 cm³/mol. The van der Waals surface area contributed by atoms with E-state index in [-0.39, 0.29) is 22.5 Å². The van der Waals surface area contributed by atoms with Gasteiger partial charge in [0.2, 0.25) is 0 Å². The molecule has 0 saturated carbocycles. The van der Waals surface area contributed by atoms with Crippen LogP contribution in [0.25, 0.3) is 0 Å². The monoisotopic (exact) mass is 677 g/mol. The molecule has 0 aliphatic carbocycles. The van der Waals surface area contributed by atoms with Crippen molar-refractivity contribution in [3.05, 3.63) is 92.0 Å². The van der Waals surface area contributed by atoms with Crippen LogP contribution < -0.4 is 5.73 Å². The molecule has 2 unspecified atom stereocenters. The second kappa shape index (κ2) is 21.8. The number of benzene rings is 2. The number of hydrogen-bond donors (Lipinski definition) is 2. The maximum Gasteiger partial charge on any atom is 0.476 e. The van der Waals surface area contributed by atoms with Crippen molar-refractivity contribution in [2.24, 2.45) is 5.73 Å². The van der Waals surface area contributed by atoms with Crippen LogP contribution in [0.1, 0.15) is 121 Å². The molecule has 13 heteroatoms. The minimum Gasteiger partial charge on any atom is -0.387 e. The van der Waals surface area contributed by atoms with Gasteiger partial charge in [-0.3, -0.25) is 33.8 Å². The summed E-state index contributed by atoms with van der Waals surface area (Å²) >= 11 is 0. The van der Waals surface area contributed by atoms with E-state index in [2.05, 4.69) is 6.92 Å². The largest absolute Gasteiger partial charge is 0.476 e. The lowest BCUT2D eigenvalue weighted by atomic mass is 10.0. The molecule has 2 rings (SSSR count). The molecule has 4 atom stereocenters. The number of hydrogen-bond acceptors (Lipinski definition) is 10. The summed E-state index contributed by atoms with van der Waals surface area (Å²) in [5.41, 5.74) is 5.88. The van der Waals surface area contributed by atoms with Crippen LogP contribution in [-0.4, -0.2) is 33.7 Å². The molecular formula is C34H52N3O9P. The smallest absolute Gasteiger partial charge is 0.387 e. The van der Waals surface area contributed by atoms with Crippen LogP contribution >= 0.6 is 7.82 Å². The fourth-order valence-corrected chi connectivity index (χ4v) is 6.69. The summed E-state index contributed by atoms with van der Waals surface area (Å²) in [6.07, 6.45) is 14.5. The first kappa shape index (κ1) is 40.2. The van der Waals surface area contributed by atoms with Gasteiger partial charge in [-0.2, -0.15) is 0 Å². The molecule has 0 aromatic heterocycles. The van der Waals surface area contributed by atoms with Crippen molar-refractivity contribution in [2.75, 3.05) is 6.61 Å². The van der Waals surface area contributed by atoms with Crippen LogP contribution in [-0.2, 0) is 18.1 Å². The van der Waals surface area contributed by atoms with Crippen molar-refractivity contribution >= 4 is 19.2 Å². The van der Waals surface area contributed by atoms with Crippen molar-refractivity contribution in [3.63, 3.8) is 0 Å². The molecule has 0 amide bonds. The second-order valence-corrected chi connectivity index (χ2v) is 13.4. The quantitative estimate of drug-likeness (QED) is 0.0338. The maximum absolute atomic E-state index is 14.0. The molecule has 0 aliphatic rings. The molecule has 0 aliphatic heterocycles. The summed E-state index contributed by atoms with van der Waals surface area (Å²) in [5.74, 6) is 0. The molecule has 0 bridgehead atoms. The van der Waals surface area contributed by atoms with E-state index < -0.39 is 48.6 Å². The van der Waals surface area contributed by atoms with Gasteiger partial charge in [-0.1, -0.05) is 108 Å². The van der Waals surface area contributed by atoms with Gasteiger partial charge in [0.1, 0.15) is 0 Å². The maximum atomic E-state index is 14.0. The van der Waals surface area contributed by atoms with Crippen molar-refractivity contribution in [1.29, 1.82) is 0 Å². The Morgan fingerprint density at radius 2 is 1.21 bits per heavy atom. The van der Waals surface area contributed by atoms with Crippen LogP contribution in [0.15, 0.2) is 60.7 Å². The predicted octanol–water partition coefficient (Wildman–Crippen LogP) is 9.43. The van der Waals surface area contributed by atoms with Gasteiger partial charge in [0.25, 0.3) is 11.4 Å². The van der Waals surface area contributed by atoms with E-state index in [1.165, 1.54) is 108 Å². The molecule has 0 saturated heterocycles. The van der Waals surface area contributed by atoms with E-state index in [4.69, 9.17) is 19.3 Å². The molecule has 3 N–H and O–H groups in total. The summed E-state index contributed by atoms with van der Waals surface area (Å²) < 4.78 is 31.0. The van der Waals surface area contributed by atoms with E-state index in [1.807, 2.05) is 6.08 Å². The summed E-state index contributed by atoms with van der Waals surface area (Å²) in [6, 6.07) is 10.6. The Labute approximate surface area is 278 Å². The molecule has 2 aromatic carbocycles. The van der Waals surface area contributed by atoms with Gasteiger partial charge in [-0.25, -0.2) is 4.57 Å². The summed E-state index contributed by atoms with van der Waals surface area (Å²) in [4.78, 5) is 22.0. The van der Waals surface area contributed by atoms with Crippen LogP contribution in [0.5, 0.6) is 0 Å². The molecule has 47 heavy (non-hydrogen) atoms. The Kier molecular flexibility index (Phi) is 18.6. The number of allylic oxidation sites excluding steroid dienone is 1. The zero-order chi connectivity index (χ0) is 34.7. The number of aliphatic hydroxyl groups excluding tert-OH is 1. The average Bonchev–Trinajstić information content (AvgIpc) is 3.05. The van der Waals surface area contributed by atoms with Gasteiger partial charge in [0, 0.05) is 12.1 Å². The normalized spacial score (nSPS) is 15.6. The van der Waals surface area contributed by atoms with Crippen molar-refractivity contribution < 1.29 is 33.1 Å². The van der Waals surface area contributed by atoms with Gasteiger partial charge < -0.3 is 10.8 Å². The Morgan fingerprint density at radius 1 is 0.787 bits per heavy atom. The number of nitro groups is 2. The van der Waals surface area contributed by atoms with Gasteiger partial charge in [-0.05, 0) is 38.8 Å². The lowest BCUT2D eigenvalue weighted by Crippen LogP contribution is -2.37. The van der Waals surface area contributed by atoms with Gasteiger partial charge in [0.05, 0.1) is 51.9 Å². The standard InChI is InChI=1S/C34H52N3O9P/c1-4-5-6-7-8-9-10-11-12-13-14-15-16-25-34(38)31(35)26-44-47(43,45-27(2)29-21-17-19-23-32(29)36(39)40)46-28(3)30-22-18-20-24-33(30)37(41)42/h16-25,27-28,31,34,38H,4-15,26,35H2,1-3H3/b25-16+/t27?,28?,31-,34+,47?/m0/s1. The fourth-order valence-electron chi connectivity index (χ4n) is 5.16. The highest BCUT2D eigenvalue weighted by molar-refractivity contribution is 7.48. The Morgan fingerprint density at radius 3 is 1.66 bits per heavy atom. The lowest BCUT2D eigenvalue weighted by molar-refractivity contribution is -0.386. The number of nitrogens with two attached hydrogens (primary N) is 1. The average molecular weight is 678 g/mol. The molecule has 12 nitrogen and oxygen atoms in total. The minimum absolute atomic E-state index is 0.123. The number of para-hydroxylation sites is 2. The highest BCUT2D eigenvalue weighted by Gasteiger charge is 2.37. The van der Waals surface area contributed by atoms with E-state index in [1.54, 1.807) is 18.2 Å². The molecule has 0 radical (unpaired) electrons. The topological polar surface area (TPSA) is 177 Å². The van der Waals surface area contributed by atoms with Gasteiger partial charge in [0.15, 0.2) is 0 Å². The Balaban J connectivity index is 1.98. The molecule has 2 aromatic rings. The van der Waals surface area contributed by atoms with E-state index in [0.29, 0.717) is 0 Å². The van der Waals surface area contributed by atoms with Crippen molar-refractivity contribution in [3.8, 4) is 0 Å². The summed E-state index contributed by atoms with van der Waals surface area (Å²) in [6.45, 7) is 4.67. The van der Waals surface area contributed by atoms with Crippen LogP contribution in [0.3, 0.4) is 0 Å². The number of nitrogens with zero attached hydrogens (tertiary/aromatic N) is 2. The highest BCUT2D eigenvalue weighted by atomic mass is 31.2. The van der Waals surface area contributed by atoms with Crippen LogP contribution in [0.2, 0.25) is 0 Å². The number of phosphoric acid groups is 1. The first-order valence-electron chi connectivity index (χ1n) is 16.7. The third-order valence-electron chi connectivity index (χ3n) is 7.89. The molecule has 262 valence electrons. The summed E-state index contributed by atoms with van der Waals surface area (Å²) in [7, 11) is -4.58. The highest BCUT2D eigenvalue weighted by Crippen LogP contribution is 2.57. The number of aliphatic hydroxyl groups is 1. The van der Waals surface area contributed by atoms with Crippen molar-refractivity contribution in [1.82, 2.24) is 0 Å². The van der Waals surface area contributed by atoms with Gasteiger partial charge >= 0.3 is 7.82 Å². The second-order valence-electron chi connectivity index (χ2n) is 11.8. The molecule has 0 spiro atoms. The minimum atomic E-state index is -4.58. The SMILES string of the molecule is CCCCCCCCCCCCC/C=C/[C@@H](O)[C@@H](N)COP(=O)(OC(C)c1ccccc1[N+](=O)[O-])OC(C)c1ccccc1[N+](=O)[O-]. The first-order valence-corrected chi connectivity index (χ1v) is 18.1. The Hall–Kier alpha value is -2.99. The molecular weight excluding hydrogens is 625 g/mol. The number of phosphoric ester groups is 1. The first-order chi connectivity index (χ1) is 22.5. The molecule has 0 fully saturated rings. The van der Waals surface area contributed by atoms with E-state index in [0.717, 1.165) is 19.3 Å². The lowest BCUT2D eigenvalue weighted by Gasteiger charge is -2.26. The third kappa shape index (κ3) is 14.8. The summed E-state index contributed by atoms with van der Waals surface area (Å²) in [5, 5.41) is 33.8. The number of rotatable bonds is 25. The zero-order valence-corrected chi connectivity index (χ0v) is 28.8. The number of nitro benzene ring substituents is 2. The van der Waals surface area contributed by atoms with Gasteiger partial charge in [-0.15, -0.1) is 0 Å². The third-order valence-corrected chi connectivity index (χ3v) is 9.50. The van der Waals surface area contributed by atoms with Crippen LogP contribution in [0.4, 0.5) is 11.4 Å². The van der Waals surface area contributed by atoms with Crippen LogP contribution in [0, 0.1) is 20.2 Å². The van der Waals surface area contributed by atoms with Crippen molar-refractivity contribution in [2.45, 2.75) is 122 Å². The molecule has 0 heterocycles. The van der Waals surface area contributed by atoms with E-state index >= 15 is 0 Å². The van der Waals surface area contributed by atoms with E-state index in [9.17, 15) is 29.9 Å².